The Balaban J connectivity index is 1.76. The minimum absolute atomic E-state index is 0.0295. The van der Waals surface area contributed by atoms with Crippen molar-refractivity contribution < 1.29 is 0 Å². The van der Waals surface area contributed by atoms with E-state index < -0.39 is 0 Å². The monoisotopic (exact) mass is 295 g/mol. The summed E-state index contributed by atoms with van der Waals surface area (Å²) in [6.45, 7) is 3.35. The highest BCUT2D eigenvalue weighted by atomic mass is 16.1. The van der Waals surface area contributed by atoms with Gasteiger partial charge in [0.1, 0.15) is 5.82 Å². The lowest BCUT2D eigenvalue weighted by molar-refractivity contribution is 0.500. The molecule has 0 saturated carbocycles. The molecule has 2 aromatic heterocycles. The first-order valence-electron chi connectivity index (χ1n) is 7.59. The fraction of sp³-hybridized carbons (Fsp3) is 0.375. The molecule has 1 aromatic carbocycles. The van der Waals surface area contributed by atoms with Crippen molar-refractivity contribution >= 4 is 10.9 Å². The van der Waals surface area contributed by atoms with Crippen LogP contribution in [-0.2, 0) is 19.5 Å². The van der Waals surface area contributed by atoms with Crippen LogP contribution in [0.1, 0.15) is 30.1 Å². The Morgan fingerprint density at radius 1 is 1.23 bits per heavy atom. The van der Waals surface area contributed by atoms with Gasteiger partial charge in [-0.2, -0.15) is 0 Å². The van der Waals surface area contributed by atoms with E-state index in [2.05, 4.69) is 19.7 Å². The summed E-state index contributed by atoms with van der Waals surface area (Å²) in [6.07, 6.45) is 4.88. The molecule has 112 valence electrons. The Kier molecular flexibility index (Phi) is 3.03. The van der Waals surface area contributed by atoms with Crippen molar-refractivity contribution in [3.05, 3.63) is 52.1 Å². The van der Waals surface area contributed by atoms with Crippen LogP contribution in [0.25, 0.3) is 10.9 Å². The molecule has 6 heteroatoms. The molecule has 0 bridgehead atoms. The van der Waals surface area contributed by atoms with E-state index in [4.69, 9.17) is 0 Å². The van der Waals surface area contributed by atoms with Crippen LogP contribution < -0.4 is 5.56 Å². The van der Waals surface area contributed by atoms with Gasteiger partial charge in [0.15, 0.2) is 5.82 Å². The topological polar surface area (TPSA) is 65.6 Å². The zero-order valence-corrected chi connectivity index (χ0v) is 12.5. The van der Waals surface area contributed by atoms with E-state index in [1.807, 2.05) is 25.1 Å². The van der Waals surface area contributed by atoms with Gasteiger partial charge in [-0.1, -0.05) is 6.07 Å². The highest BCUT2D eigenvalue weighted by molar-refractivity contribution is 5.77. The molecular weight excluding hydrogens is 278 g/mol. The van der Waals surface area contributed by atoms with Crippen molar-refractivity contribution in [3.63, 3.8) is 0 Å². The Labute approximate surface area is 127 Å². The first-order chi connectivity index (χ1) is 10.7. The van der Waals surface area contributed by atoms with Crippen molar-refractivity contribution in [1.82, 2.24) is 24.3 Å². The highest BCUT2D eigenvalue weighted by Crippen LogP contribution is 2.15. The van der Waals surface area contributed by atoms with E-state index in [1.165, 1.54) is 0 Å². The van der Waals surface area contributed by atoms with Crippen LogP contribution >= 0.6 is 0 Å². The van der Waals surface area contributed by atoms with Gasteiger partial charge in [-0.3, -0.25) is 9.36 Å². The third kappa shape index (κ3) is 2.11. The van der Waals surface area contributed by atoms with Crippen molar-refractivity contribution in [2.75, 3.05) is 0 Å². The second-order valence-corrected chi connectivity index (χ2v) is 5.84. The number of hydrogen-bond acceptors (Lipinski definition) is 4. The minimum Gasteiger partial charge on any atom is -0.313 e. The number of nitrogens with zero attached hydrogens (tertiary/aromatic N) is 5. The molecule has 22 heavy (non-hydrogen) atoms. The number of aromatic nitrogens is 5. The van der Waals surface area contributed by atoms with Crippen LogP contribution in [-0.4, -0.2) is 24.3 Å². The molecule has 0 radical (unpaired) electrons. The van der Waals surface area contributed by atoms with E-state index in [0.29, 0.717) is 11.9 Å². The largest absolute Gasteiger partial charge is 0.313 e. The van der Waals surface area contributed by atoms with E-state index in [9.17, 15) is 4.79 Å². The number of fused-ring (bicyclic) bond motifs is 2. The molecular formula is C16H17N5O. The molecule has 0 saturated heterocycles. The zero-order chi connectivity index (χ0) is 15.1. The van der Waals surface area contributed by atoms with Gasteiger partial charge < -0.3 is 4.57 Å². The second-order valence-electron chi connectivity index (χ2n) is 5.84. The maximum Gasteiger partial charge on any atom is 0.261 e. The van der Waals surface area contributed by atoms with Gasteiger partial charge in [-0.05, 0) is 37.5 Å². The minimum atomic E-state index is -0.0295. The van der Waals surface area contributed by atoms with Crippen molar-refractivity contribution in [2.24, 2.45) is 0 Å². The van der Waals surface area contributed by atoms with Gasteiger partial charge >= 0.3 is 0 Å². The fourth-order valence-electron chi connectivity index (χ4n) is 3.02. The Morgan fingerprint density at radius 2 is 2.14 bits per heavy atom. The fourth-order valence-corrected chi connectivity index (χ4v) is 3.02. The van der Waals surface area contributed by atoms with Crippen LogP contribution in [0.4, 0.5) is 0 Å². The summed E-state index contributed by atoms with van der Waals surface area (Å²) in [6, 6.07) is 5.71. The molecule has 3 aromatic rings. The number of aryl methyl sites for hydroxylation is 2. The van der Waals surface area contributed by atoms with Gasteiger partial charge in [0, 0.05) is 13.0 Å². The van der Waals surface area contributed by atoms with Crippen LogP contribution in [0.3, 0.4) is 0 Å². The molecule has 0 amide bonds. The smallest absolute Gasteiger partial charge is 0.261 e. The van der Waals surface area contributed by atoms with Crippen LogP contribution in [0.15, 0.2) is 29.3 Å². The van der Waals surface area contributed by atoms with Crippen molar-refractivity contribution in [3.8, 4) is 0 Å². The van der Waals surface area contributed by atoms with Gasteiger partial charge in [0.2, 0.25) is 0 Å². The van der Waals surface area contributed by atoms with Gasteiger partial charge in [0.05, 0.1) is 23.8 Å². The molecule has 4 rings (SSSR count). The Morgan fingerprint density at radius 3 is 3.05 bits per heavy atom. The molecule has 0 N–H and O–H groups in total. The average Bonchev–Trinajstić information content (AvgIpc) is 2.93. The van der Waals surface area contributed by atoms with Crippen LogP contribution in [0, 0.1) is 6.92 Å². The summed E-state index contributed by atoms with van der Waals surface area (Å²) in [5.74, 6) is 1.86. The Bertz CT molecular complexity index is 909. The van der Waals surface area contributed by atoms with E-state index in [-0.39, 0.29) is 5.56 Å². The molecule has 0 atom stereocenters. The van der Waals surface area contributed by atoms with Crippen molar-refractivity contribution in [2.45, 2.75) is 39.3 Å². The molecule has 1 aliphatic rings. The Hall–Kier alpha value is -2.50. The molecule has 3 heterocycles. The summed E-state index contributed by atoms with van der Waals surface area (Å²) in [7, 11) is 0. The van der Waals surface area contributed by atoms with E-state index in [0.717, 1.165) is 48.5 Å². The predicted molar refractivity (Wildman–Crippen MR) is 82.8 cm³/mol. The summed E-state index contributed by atoms with van der Waals surface area (Å²) in [4.78, 5) is 17.0. The average molecular weight is 295 g/mol. The first kappa shape index (κ1) is 13.2. The lowest BCUT2D eigenvalue weighted by Gasteiger charge is -2.15. The summed E-state index contributed by atoms with van der Waals surface area (Å²) in [5.41, 5.74) is 1.81. The number of benzene rings is 1. The van der Waals surface area contributed by atoms with Crippen LogP contribution in [0.2, 0.25) is 0 Å². The molecule has 0 fully saturated rings. The standard InChI is InChI=1S/C16H17N5O/c1-11-5-6-12-13(8-11)17-10-20(16(12)22)9-15-19-18-14-4-2-3-7-21(14)15/h5-6,8,10H,2-4,7,9H2,1H3. The highest BCUT2D eigenvalue weighted by Gasteiger charge is 2.16. The number of rotatable bonds is 2. The van der Waals surface area contributed by atoms with Crippen LogP contribution in [0.5, 0.6) is 0 Å². The first-order valence-corrected chi connectivity index (χ1v) is 7.59. The molecule has 1 aliphatic heterocycles. The SMILES string of the molecule is Cc1ccc2c(=O)n(Cc3nnc4n3CCCC4)cnc2c1. The predicted octanol–water partition coefficient (Wildman–Crippen LogP) is 1.68. The quantitative estimate of drug-likeness (QED) is 0.721. The third-order valence-corrected chi connectivity index (χ3v) is 4.23. The lowest BCUT2D eigenvalue weighted by atomic mass is 10.1. The van der Waals surface area contributed by atoms with E-state index >= 15 is 0 Å². The molecule has 0 unspecified atom stereocenters. The maximum absolute atomic E-state index is 12.6. The van der Waals surface area contributed by atoms with E-state index in [1.54, 1.807) is 10.9 Å². The molecule has 0 aliphatic carbocycles. The third-order valence-electron chi connectivity index (χ3n) is 4.23. The molecule has 6 nitrogen and oxygen atoms in total. The number of hydrogen-bond donors (Lipinski definition) is 0. The van der Waals surface area contributed by atoms with Gasteiger partial charge in [-0.25, -0.2) is 4.98 Å². The van der Waals surface area contributed by atoms with Gasteiger partial charge in [-0.15, -0.1) is 10.2 Å². The zero-order valence-electron chi connectivity index (χ0n) is 12.5. The van der Waals surface area contributed by atoms with Gasteiger partial charge in [0.25, 0.3) is 5.56 Å². The maximum atomic E-state index is 12.6. The second kappa shape index (κ2) is 5.05. The molecule has 0 spiro atoms. The summed E-state index contributed by atoms with van der Waals surface area (Å²) >= 11 is 0. The lowest BCUT2D eigenvalue weighted by Crippen LogP contribution is -2.24. The van der Waals surface area contributed by atoms with Crippen molar-refractivity contribution in [1.29, 1.82) is 0 Å². The summed E-state index contributed by atoms with van der Waals surface area (Å²) < 4.78 is 3.75. The summed E-state index contributed by atoms with van der Waals surface area (Å²) in [5, 5.41) is 9.13. The normalized spacial score (nSPS) is 14.2.